The van der Waals surface area contributed by atoms with Crippen LogP contribution in [0.4, 0.5) is 0 Å². The molecule has 3 aromatic heterocycles. The van der Waals surface area contributed by atoms with Crippen LogP contribution in [0.3, 0.4) is 0 Å². The zero-order chi connectivity index (χ0) is 19.8. The third-order valence-corrected chi connectivity index (χ3v) is 5.50. The van der Waals surface area contributed by atoms with Crippen molar-refractivity contribution in [2.45, 2.75) is 32.1 Å². The highest BCUT2D eigenvalue weighted by Crippen LogP contribution is 2.46. The Kier molecular flexibility index (Phi) is 4.78. The number of hydrogen-bond acceptors (Lipinski definition) is 5. The van der Waals surface area contributed by atoms with Gasteiger partial charge in [0.2, 0.25) is 5.88 Å². The second-order valence-corrected chi connectivity index (χ2v) is 7.66. The Bertz CT molecular complexity index is 1030. The van der Waals surface area contributed by atoms with Crippen LogP contribution in [0.2, 0.25) is 0 Å². The fourth-order valence-electron chi connectivity index (χ4n) is 3.69. The van der Waals surface area contributed by atoms with E-state index in [9.17, 15) is 4.79 Å². The molecule has 0 bridgehead atoms. The van der Waals surface area contributed by atoms with Crippen LogP contribution >= 0.6 is 0 Å². The van der Waals surface area contributed by atoms with Crippen LogP contribution in [-0.2, 0) is 34.0 Å². The van der Waals surface area contributed by atoms with Crippen molar-refractivity contribution in [3.8, 4) is 5.88 Å². The van der Waals surface area contributed by atoms with Crippen LogP contribution in [0, 0.1) is 12.8 Å². The van der Waals surface area contributed by atoms with Crippen LogP contribution in [0.5, 0.6) is 5.88 Å². The van der Waals surface area contributed by atoms with Crippen molar-refractivity contribution in [3.63, 3.8) is 0 Å². The van der Waals surface area contributed by atoms with Gasteiger partial charge >= 0.3 is 0 Å². The maximum Gasteiger partial charge on any atom is 0.269 e. The summed E-state index contributed by atoms with van der Waals surface area (Å²) in [6, 6.07) is 3.85. The van der Waals surface area contributed by atoms with Gasteiger partial charge in [-0.2, -0.15) is 10.2 Å². The molecule has 28 heavy (non-hydrogen) atoms. The summed E-state index contributed by atoms with van der Waals surface area (Å²) in [5, 5.41) is 13.0. The van der Waals surface area contributed by atoms with Crippen LogP contribution in [0.25, 0.3) is 0 Å². The number of hydrogen-bond donors (Lipinski definition) is 0. The van der Waals surface area contributed by atoms with Gasteiger partial charge in [-0.05, 0) is 37.8 Å². The number of aromatic nitrogens is 6. The third kappa shape index (κ3) is 3.72. The van der Waals surface area contributed by atoms with Gasteiger partial charge in [-0.1, -0.05) is 0 Å². The van der Waals surface area contributed by atoms with Crippen LogP contribution < -0.4 is 10.3 Å². The molecular formula is C20H26N6O2. The predicted octanol–water partition coefficient (Wildman–Crippen LogP) is 1.52. The molecular weight excluding hydrogens is 356 g/mol. The van der Waals surface area contributed by atoms with Gasteiger partial charge in [0.15, 0.2) is 0 Å². The fraction of sp³-hybridized carbons (Fsp3) is 0.500. The van der Waals surface area contributed by atoms with E-state index < -0.39 is 0 Å². The first kappa shape index (κ1) is 18.5. The van der Waals surface area contributed by atoms with Gasteiger partial charge in [0.1, 0.15) is 0 Å². The quantitative estimate of drug-likeness (QED) is 0.619. The lowest BCUT2D eigenvalue weighted by Gasteiger charge is -2.09. The summed E-state index contributed by atoms with van der Waals surface area (Å²) >= 11 is 0. The van der Waals surface area contributed by atoms with E-state index in [1.807, 2.05) is 42.8 Å². The molecule has 8 heteroatoms. The third-order valence-electron chi connectivity index (χ3n) is 5.50. The second-order valence-electron chi connectivity index (χ2n) is 7.66. The lowest BCUT2D eigenvalue weighted by atomic mass is 10.1. The SMILES string of the molecule is Cc1cnn(C)c1CCc1cc(OC[C@H]2C[C@@H]2c2ccn(C)n2)nn(C)c1=O. The highest BCUT2D eigenvalue weighted by Gasteiger charge is 2.40. The lowest BCUT2D eigenvalue weighted by Crippen LogP contribution is -2.24. The van der Waals surface area contributed by atoms with Crippen LogP contribution in [0.1, 0.15) is 34.9 Å². The maximum atomic E-state index is 12.5. The zero-order valence-corrected chi connectivity index (χ0v) is 16.8. The summed E-state index contributed by atoms with van der Waals surface area (Å²) in [6.07, 6.45) is 6.28. The standard InChI is InChI=1S/C20H26N6O2/c1-13-11-21-25(3)18(13)6-5-14-10-19(23-26(4)20(14)27)28-12-15-9-16(15)17-7-8-24(2)22-17/h7-8,10-11,15-16H,5-6,9,12H2,1-4H3/t15-,16+/m1/s1. The molecule has 8 nitrogen and oxygen atoms in total. The normalized spacial score (nSPS) is 18.4. The molecule has 1 fully saturated rings. The molecule has 2 atom stereocenters. The molecule has 0 N–H and O–H groups in total. The van der Waals surface area contributed by atoms with E-state index in [0.29, 0.717) is 36.3 Å². The van der Waals surface area contributed by atoms with E-state index in [1.165, 1.54) is 4.68 Å². The van der Waals surface area contributed by atoms with E-state index in [1.54, 1.807) is 13.1 Å². The molecule has 3 aromatic rings. The van der Waals surface area contributed by atoms with Crippen molar-refractivity contribution in [1.29, 1.82) is 0 Å². The molecule has 4 rings (SSSR count). The van der Waals surface area contributed by atoms with Gasteiger partial charge < -0.3 is 4.74 Å². The average molecular weight is 382 g/mol. The van der Waals surface area contributed by atoms with Gasteiger partial charge in [0, 0.05) is 56.5 Å². The van der Waals surface area contributed by atoms with Gasteiger partial charge in [-0.25, -0.2) is 4.68 Å². The molecule has 0 aliphatic heterocycles. The number of rotatable bonds is 7. The van der Waals surface area contributed by atoms with Crippen molar-refractivity contribution in [2.75, 3.05) is 6.61 Å². The second kappa shape index (κ2) is 7.26. The molecule has 0 saturated heterocycles. The topological polar surface area (TPSA) is 79.8 Å². The van der Waals surface area contributed by atoms with Crippen LogP contribution in [-0.4, -0.2) is 35.9 Å². The number of ether oxygens (including phenoxy) is 1. The molecule has 0 unspecified atom stereocenters. The Hall–Kier alpha value is -2.90. The minimum Gasteiger partial charge on any atom is -0.476 e. The highest BCUT2D eigenvalue weighted by atomic mass is 16.5. The van der Waals surface area contributed by atoms with Crippen molar-refractivity contribution in [3.05, 3.63) is 57.4 Å². The Morgan fingerprint density at radius 1 is 1.18 bits per heavy atom. The summed E-state index contributed by atoms with van der Waals surface area (Å²) in [7, 11) is 5.53. The van der Waals surface area contributed by atoms with Crippen molar-refractivity contribution >= 4 is 0 Å². The maximum absolute atomic E-state index is 12.5. The fourth-order valence-corrected chi connectivity index (χ4v) is 3.69. The van der Waals surface area contributed by atoms with Crippen molar-refractivity contribution in [1.82, 2.24) is 29.3 Å². The Morgan fingerprint density at radius 3 is 2.68 bits per heavy atom. The van der Waals surface area contributed by atoms with Gasteiger partial charge in [-0.3, -0.25) is 14.2 Å². The lowest BCUT2D eigenvalue weighted by molar-refractivity contribution is 0.277. The van der Waals surface area contributed by atoms with Crippen molar-refractivity contribution < 1.29 is 4.74 Å². The molecule has 148 valence electrons. The molecule has 1 aliphatic rings. The summed E-state index contributed by atoms with van der Waals surface area (Å²) < 4.78 is 11.0. The summed E-state index contributed by atoms with van der Waals surface area (Å²) in [5.74, 6) is 1.42. The summed E-state index contributed by atoms with van der Waals surface area (Å²) in [4.78, 5) is 12.5. The molecule has 0 aromatic carbocycles. The molecule has 3 heterocycles. The molecule has 0 amide bonds. The van der Waals surface area contributed by atoms with E-state index in [0.717, 1.165) is 29.8 Å². The first-order chi connectivity index (χ1) is 13.4. The number of aryl methyl sites for hydroxylation is 5. The Labute approximate surface area is 163 Å². The smallest absolute Gasteiger partial charge is 0.269 e. The number of nitrogens with zero attached hydrogens (tertiary/aromatic N) is 6. The van der Waals surface area contributed by atoms with E-state index in [4.69, 9.17) is 4.74 Å². The molecule has 0 spiro atoms. The minimum atomic E-state index is -0.0787. The first-order valence-electron chi connectivity index (χ1n) is 9.59. The summed E-state index contributed by atoms with van der Waals surface area (Å²) in [6.45, 7) is 2.63. The van der Waals surface area contributed by atoms with Gasteiger partial charge in [0.05, 0.1) is 18.5 Å². The monoisotopic (exact) mass is 382 g/mol. The zero-order valence-electron chi connectivity index (χ0n) is 16.8. The van der Waals surface area contributed by atoms with E-state index >= 15 is 0 Å². The molecule has 1 saturated carbocycles. The van der Waals surface area contributed by atoms with Crippen LogP contribution in [0.15, 0.2) is 29.3 Å². The summed E-state index contributed by atoms with van der Waals surface area (Å²) in [5.41, 5.74) is 4.03. The van der Waals surface area contributed by atoms with Gasteiger partial charge in [-0.15, -0.1) is 5.10 Å². The predicted molar refractivity (Wildman–Crippen MR) is 104 cm³/mol. The Morgan fingerprint density at radius 2 is 2.00 bits per heavy atom. The Balaban J connectivity index is 1.40. The van der Waals surface area contributed by atoms with E-state index in [2.05, 4.69) is 21.4 Å². The first-order valence-corrected chi connectivity index (χ1v) is 9.59. The van der Waals surface area contributed by atoms with Crippen molar-refractivity contribution in [2.24, 2.45) is 27.1 Å². The molecule has 0 radical (unpaired) electrons. The molecule has 1 aliphatic carbocycles. The largest absolute Gasteiger partial charge is 0.476 e. The van der Waals surface area contributed by atoms with E-state index in [-0.39, 0.29) is 5.56 Å². The minimum absolute atomic E-state index is 0.0787. The average Bonchev–Trinajstić information content (AvgIpc) is 3.20. The highest BCUT2D eigenvalue weighted by molar-refractivity contribution is 5.22. The van der Waals surface area contributed by atoms with Gasteiger partial charge in [0.25, 0.3) is 5.56 Å².